The van der Waals surface area contributed by atoms with Crippen molar-refractivity contribution >= 4 is 11.9 Å². The number of nitrogens with zero attached hydrogens (tertiary/aromatic N) is 3. The van der Waals surface area contributed by atoms with E-state index in [-0.39, 0.29) is 5.91 Å². The van der Waals surface area contributed by atoms with Crippen molar-refractivity contribution in [3.8, 4) is 0 Å². The van der Waals surface area contributed by atoms with Crippen LogP contribution in [0.1, 0.15) is 50.0 Å². The maximum atomic E-state index is 11.9. The Labute approximate surface area is 115 Å². The highest BCUT2D eigenvalue weighted by atomic mass is 16.1. The SMILES string of the molecule is CCCCNC(=O)c1ccnc(N(C)CCCC)n1. The van der Waals surface area contributed by atoms with Crippen LogP contribution in [0.25, 0.3) is 0 Å². The van der Waals surface area contributed by atoms with Crippen molar-refractivity contribution in [2.45, 2.75) is 39.5 Å². The molecule has 1 N–H and O–H groups in total. The zero-order chi connectivity index (χ0) is 14.1. The zero-order valence-electron chi connectivity index (χ0n) is 12.1. The Bertz CT molecular complexity index is 395. The van der Waals surface area contributed by atoms with Crippen LogP contribution < -0.4 is 10.2 Å². The minimum absolute atomic E-state index is 0.124. The van der Waals surface area contributed by atoms with Crippen LogP contribution in [-0.2, 0) is 0 Å². The molecule has 1 heterocycles. The van der Waals surface area contributed by atoms with Gasteiger partial charge in [-0.15, -0.1) is 0 Å². The lowest BCUT2D eigenvalue weighted by atomic mass is 10.3. The molecule has 5 nitrogen and oxygen atoms in total. The summed E-state index contributed by atoms with van der Waals surface area (Å²) in [4.78, 5) is 22.4. The van der Waals surface area contributed by atoms with E-state index >= 15 is 0 Å². The Morgan fingerprint density at radius 1 is 1.32 bits per heavy atom. The molecule has 0 aromatic carbocycles. The van der Waals surface area contributed by atoms with Crippen LogP contribution in [0.5, 0.6) is 0 Å². The fourth-order valence-electron chi connectivity index (χ4n) is 1.62. The van der Waals surface area contributed by atoms with Gasteiger partial charge in [0.25, 0.3) is 5.91 Å². The normalized spacial score (nSPS) is 10.3. The summed E-state index contributed by atoms with van der Waals surface area (Å²) in [5.74, 6) is 0.484. The number of hydrogen-bond acceptors (Lipinski definition) is 4. The summed E-state index contributed by atoms with van der Waals surface area (Å²) in [6.45, 7) is 5.84. The van der Waals surface area contributed by atoms with E-state index in [1.54, 1.807) is 12.3 Å². The topological polar surface area (TPSA) is 58.1 Å². The molecule has 0 radical (unpaired) electrons. The van der Waals surface area contributed by atoms with Crippen molar-refractivity contribution in [1.29, 1.82) is 0 Å². The van der Waals surface area contributed by atoms with E-state index in [0.717, 1.165) is 32.2 Å². The predicted octanol–water partition coefficient (Wildman–Crippen LogP) is 2.24. The van der Waals surface area contributed by atoms with Gasteiger partial charge in [-0.2, -0.15) is 0 Å². The molecule has 0 aliphatic carbocycles. The molecule has 1 aromatic heterocycles. The molecule has 1 aromatic rings. The summed E-state index contributed by atoms with van der Waals surface area (Å²) in [5.41, 5.74) is 0.435. The van der Waals surface area contributed by atoms with Gasteiger partial charge in [0.05, 0.1) is 0 Å². The second-order valence-electron chi connectivity index (χ2n) is 4.63. The van der Waals surface area contributed by atoms with Gasteiger partial charge in [-0.3, -0.25) is 4.79 Å². The van der Waals surface area contributed by atoms with E-state index in [2.05, 4.69) is 29.1 Å². The highest BCUT2D eigenvalue weighted by Crippen LogP contribution is 2.06. The Morgan fingerprint density at radius 2 is 2.05 bits per heavy atom. The first-order valence-electron chi connectivity index (χ1n) is 7.01. The smallest absolute Gasteiger partial charge is 0.270 e. The number of nitrogens with one attached hydrogen (secondary N) is 1. The van der Waals surface area contributed by atoms with Crippen LogP contribution in [-0.4, -0.2) is 36.0 Å². The number of unbranched alkanes of at least 4 members (excludes halogenated alkanes) is 2. The molecule has 0 unspecified atom stereocenters. The molecule has 0 saturated heterocycles. The van der Waals surface area contributed by atoms with Crippen LogP contribution in [0.2, 0.25) is 0 Å². The molecule has 0 saturated carbocycles. The van der Waals surface area contributed by atoms with Crippen LogP contribution in [0.4, 0.5) is 5.95 Å². The van der Waals surface area contributed by atoms with Crippen molar-refractivity contribution < 1.29 is 4.79 Å². The molecule has 106 valence electrons. The third-order valence-corrected chi connectivity index (χ3v) is 2.88. The van der Waals surface area contributed by atoms with Gasteiger partial charge in [0.15, 0.2) is 0 Å². The Morgan fingerprint density at radius 3 is 2.74 bits per heavy atom. The fraction of sp³-hybridized carbons (Fsp3) is 0.643. The molecule has 1 rings (SSSR count). The first-order valence-corrected chi connectivity index (χ1v) is 7.01. The standard InChI is InChI=1S/C14H24N4O/c1-4-6-9-15-13(19)12-8-10-16-14(17-12)18(3)11-7-5-2/h8,10H,4-7,9,11H2,1-3H3,(H,15,19). The van der Waals surface area contributed by atoms with Gasteiger partial charge >= 0.3 is 0 Å². The third-order valence-electron chi connectivity index (χ3n) is 2.88. The monoisotopic (exact) mass is 264 g/mol. The molecule has 0 bridgehead atoms. The van der Waals surface area contributed by atoms with Crippen molar-refractivity contribution in [2.24, 2.45) is 0 Å². The lowest BCUT2D eigenvalue weighted by Gasteiger charge is -2.16. The maximum absolute atomic E-state index is 11.9. The molecular weight excluding hydrogens is 240 g/mol. The van der Waals surface area contributed by atoms with Gasteiger partial charge in [-0.05, 0) is 18.9 Å². The van der Waals surface area contributed by atoms with Crippen LogP contribution in [0.15, 0.2) is 12.3 Å². The van der Waals surface area contributed by atoms with Gasteiger partial charge in [0.1, 0.15) is 5.69 Å². The van der Waals surface area contributed by atoms with Gasteiger partial charge < -0.3 is 10.2 Å². The molecule has 1 amide bonds. The van der Waals surface area contributed by atoms with Gasteiger partial charge in [0.2, 0.25) is 5.95 Å². The molecular formula is C14H24N4O. The van der Waals surface area contributed by atoms with Crippen LogP contribution >= 0.6 is 0 Å². The summed E-state index contributed by atoms with van der Waals surface area (Å²) in [7, 11) is 1.95. The van der Waals surface area contributed by atoms with E-state index in [4.69, 9.17) is 0 Å². The number of aromatic nitrogens is 2. The molecule has 0 atom stereocenters. The zero-order valence-corrected chi connectivity index (χ0v) is 12.1. The van der Waals surface area contributed by atoms with Crippen LogP contribution in [0.3, 0.4) is 0 Å². The quantitative estimate of drug-likeness (QED) is 0.732. The van der Waals surface area contributed by atoms with Gasteiger partial charge in [-0.25, -0.2) is 9.97 Å². The molecule has 0 aliphatic heterocycles. The average molecular weight is 264 g/mol. The molecule has 0 aliphatic rings. The number of anilines is 1. The fourth-order valence-corrected chi connectivity index (χ4v) is 1.62. The average Bonchev–Trinajstić information content (AvgIpc) is 2.45. The molecule has 0 fully saturated rings. The van der Waals surface area contributed by atoms with Crippen molar-refractivity contribution in [2.75, 3.05) is 25.0 Å². The number of carbonyl (C=O) groups excluding carboxylic acids is 1. The first kappa shape index (κ1) is 15.4. The highest BCUT2D eigenvalue weighted by Gasteiger charge is 2.10. The summed E-state index contributed by atoms with van der Waals surface area (Å²) >= 11 is 0. The van der Waals surface area contributed by atoms with E-state index in [0.29, 0.717) is 18.2 Å². The third kappa shape index (κ3) is 5.24. The summed E-state index contributed by atoms with van der Waals surface area (Å²) < 4.78 is 0. The summed E-state index contributed by atoms with van der Waals surface area (Å²) in [5, 5.41) is 2.86. The molecule has 5 heteroatoms. The number of rotatable bonds is 8. The number of carbonyl (C=O) groups is 1. The van der Waals surface area contributed by atoms with E-state index < -0.39 is 0 Å². The van der Waals surface area contributed by atoms with Gasteiger partial charge in [-0.1, -0.05) is 26.7 Å². The van der Waals surface area contributed by atoms with Crippen molar-refractivity contribution in [3.63, 3.8) is 0 Å². The lowest BCUT2D eigenvalue weighted by molar-refractivity contribution is 0.0948. The van der Waals surface area contributed by atoms with E-state index in [1.807, 2.05) is 11.9 Å². The minimum atomic E-state index is -0.124. The van der Waals surface area contributed by atoms with Crippen molar-refractivity contribution in [1.82, 2.24) is 15.3 Å². The lowest BCUT2D eigenvalue weighted by Crippen LogP contribution is -2.27. The van der Waals surface area contributed by atoms with Crippen LogP contribution in [0, 0.1) is 0 Å². The number of amides is 1. The Balaban J connectivity index is 2.62. The number of hydrogen-bond donors (Lipinski definition) is 1. The Kier molecular flexibility index (Phi) is 6.85. The summed E-state index contributed by atoms with van der Waals surface area (Å²) in [6, 6.07) is 1.65. The minimum Gasteiger partial charge on any atom is -0.351 e. The largest absolute Gasteiger partial charge is 0.351 e. The second kappa shape index (κ2) is 8.45. The predicted molar refractivity (Wildman–Crippen MR) is 77.5 cm³/mol. The maximum Gasteiger partial charge on any atom is 0.270 e. The second-order valence-corrected chi connectivity index (χ2v) is 4.63. The molecule has 0 spiro atoms. The van der Waals surface area contributed by atoms with E-state index in [9.17, 15) is 4.79 Å². The van der Waals surface area contributed by atoms with Gasteiger partial charge in [0, 0.05) is 26.3 Å². The summed E-state index contributed by atoms with van der Waals surface area (Å²) in [6.07, 6.45) is 5.91. The Hall–Kier alpha value is -1.65. The highest BCUT2D eigenvalue weighted by molar-refractivity contribution is 5.92. The van der Waals surface area contributed by atoms with Crippen molar-refractivity contribution in [3.05, 3.63) is 18.0 Å². The first-order chi connectivity index (χ1) is 9.19. The van der Waals surface area contributed by atoms with E-state index in [1.165, 1.54) is 0 Å². The molecule has 19 heavy (non-hydrogen) atoms.